The SMILES string of the molecule is N#CCCCNC(=O)c1ccc(F)cn1. The van der Waals surface area contributed by atoms with Gasteiger partial charge in [-0.15, -0.1) is 0 Å². The predicted octanol–water partition coefficient (Wildman–Crippen LogP) is 1.25. The van der Waals surface area contributed by atoms with Gasteiger partial charge in [0.25, 0.3) is 5.91 Å². The highest BCUT2D eigenvalue weighted by atomic mass is 19.1. The summed E-state index contributed by atoms with van der Waals surface area (Å²) in [5, 5.41) is 10.8. The van der Waals surface area contributed by atoms with Crippen LogP contribution in [0.1, 0.15) is 23.3 Å². The van der Waals surface area contributed by atoms with Crippen LogP contribution in [0.25, 0.3) is 0 Å². The molecule has 1 rings (SSSR count). The van der Waals surface area contributed by atoms with Gasteiger partial charge in [0.15, 0.2) is 0 Å². The summed E-state index contributed by atoms with van der Waals surface area (Å²) in [5.41, 5.74) is 0.174. The number of rotatable bonds is 4. The van der Waals surface area contributed by atoms with Gasteiger partial charge in [0.2, 0.25) is 0 Å². The molecule has 0 saturated carbocycles. The third kappa shape index (κ3) is 3.73. The van der Waals surface area contributed by atoms with E-state index in [4.69, 9.17) is 5.26 Å². The Balaban J connectivity index is 2.41. The minimum absolute atomic E-state index is 0.174. The molecule has 4 nitrogen and oxygen atoms in total. The molecule has 0 fully saturated rings. The first-order valence-corrected chi connectivity index (χ1v) is 4.50. The second kappa shape index (κ2) is 5.70. The Bertz CT molecular complexity index is 369. The number of hydrogen-bond acceptors (Lipinski definition) is 3. The van der Waals surface area contributed by atoms with Gasteiger partial charge in [0.1, 0.15) is 11.5 Å². The molecular formula is C10H10FN3O. The highest BCUT2D eigenvalue weighted by Crippen LogP contribution is 1.97. The van der Waals surface area contributed by atoms with Crippen LogP contribution in [-0.4, -0.2) is 17.4 Å². The Labute approximate surface area is 86.7 Å². The molecule has 0 bridgehead atoms. The Morgan fingerprint density at radius 3 is 3.00 bits per heavy atom. The summed E-state index contributed by atoms with van der Waals surface area (Å²) in [5.74, 6) is -0.830. The maximum Gasteiger partial charge on any atom is 0.269 e. The first-order chi connectivity index (χ1) is 7.24. The summed E-state index contributed by atoms with van der Waals surface area (Å²) >= 11 is 0. The first-order valence-electron chi connectivity index (χ1n) is 4.50. The Morgan fingerprint density at radius 2 is 2.40 bits per heavy atom. The van der Waals surface area contributed by atoms with E-state index in [1.807, 2.05) is 6.07 Å². The molecule has 0 aliphatic carbocycles. The third-order valence-corrected chi connectivity index (χ3v) is 1.71. The molecule has 1 aromatic heterocycles. The van der Waals surface area contributed by atoms with Gasteiger partial charge in [-0.3, -0.25) is 4.79 Å². The largest absolute Gasteiger partial charge is 0.351 e. The molecule has 0 saturated heterocycles. The minimum Gasteiger partial charge on any atom is -0.351 e. The number of carbonyl (C=O) groups is 1. The fourth-order valence-corrected chi connectivity index (χ4v) is 0.970. The lowest BCUT2D eigenvalue weighted by molar-refractivity contribution is 0.0948. The van der Waals surface area contributed by atoms with Crippen molar-refractivity contribution in [3.63, 3.8) is 0 Å². The lowest BCUT2D eigenvalue weighted by Gasteiger charge is -2.02. The maximum absolute atomic E-state index is 12.5. The Hall–Kier alpha value is -1.96. The van der Waals surface area contributed by atoms with Crippen LogP contribution in [0.2, 0.25) is 0 Å². The van der Waals surface area contributed by atoms with Crippen LogP contribution in [0.3, 0.4) is 0 Å². The van der Waals surface area contributed by atoms with E-state index in [9.17, 15) is 9.18 Å². The fraction of sp³-hybridized carbons (Fsp3) is 0.300. The van der Waals surface area contributed by atoms with E-state index in [0.717, 1.165) is 6.20 Å². The van der Waals surface area contributed by atoms with E-state index in [1.54, 1.807) is 0 Å². The quantitative estimate of drug-likeness (QED) is 0.755. The molecule has 0 aromatic carbocycles. The van der Waals surface area contributed by atoms with Crippen molar-refractivity contribution in [2.24, 2.45) is 0 Å². The summed E-state index contributed by atoms with van der Waals surface area (Å²) in [6.45, 7) is 0.422. The molecule has 1 N–H and O–H groups in total. The summed E-state index contributed by atoms with van der Waals surface area (Å²) in [4.78, 5) is 15.0. The van der Waals surface area contributed by atoms with Crippen molar-refractivity contribution in [1.29, 1.82) is 5.26 Å². The van der Waals surface area contributed by atoms with Crippen LogP contribution >= 0.6 is 0 Å². The smallest absolute Gasteiger partial charge is 0.269 e. The fourth-order valence-electron chi connectivity index (χ4n) is 0.970. The normalized spacial score (nSPS) is 9.33. The van der Waals surface area contributed by atoms with Gasteiger partial charge in [-0.2, -0.15) is 5.26 Å². The van der Waals surface area contributed by atoms with Gasteiger partial charge in [0, 0.05) is 13.0 Å². The number of unbranched alkanes of at least 4 members (excludes halogenated alkanes) is 1. The van der Waals surface area contributed by atoms with Crippen LogP contribution in [0.4, 0.5) is 4.39 Å². The number of pyridine rings is 1. The van der Waals surface area contributed by atoms with Crippen LogP contribution in [0.15, 0.2) is 18.3 Å². The number of amides is 1. The molecule has 1 aromatic rings. The minimum atomic E-state index is -0.476. The molecule has 1 amide bonds. The molecule has 5 heteroatoms. The second-order valence-electron chi connectivity index (χ2n) is 2.88. The number of aromatic nitrogens is 1. The standard InChI is InChI=1S/C10H10FN3O/c11-8-3-4-9(14-7-8)10(15)13-6-2-1-5-12/h3-4,7H,1-2,6H2,(H,13,15). The number of hydrogen-bond donors (Lipinski definition) is 1. The summed E-state index contributed by atoms with van der Waals surface area (Å²) in [7, 11) is 0. The molecule has 78 valence electrons. The molecule has 0 unspecified atom stereocenters. The van der Waals surface area contributed by atoms with Crippen LogP contribution < -0.4 is 5.32 Å². The Morgan fingerprint density at radius 1 is 1.60 bits per heavy atom. The molecular weight excluding hydrogens is 197 g/mol. The average Bonchev–Trinajstić information content (AvgIpc) is 2.25. The molecule has 0 spiro atoms. The molecule has 15 heavy (non-hydrogen) atoms. The first kappa shape index (κ1) is 11.1. The average molecular weight is 207 g/mol. The van der Waals surface area contributed by atoms with Gasteiger partial charge in [-0.25, -0.2) is 9.37 Å². The van der Waals surface area contributed by atoms with Gasteiger partial charge in [-0.1, -0.05) is 0 Å². The van der Waals surface area contributed by atoms with E-state index in [2.05, 4.69) is 10.3 Å². The van der Waals surface area contributed by atoms with E-state index in [0.29, 0.717) is 19.4 Å². The summed E-state index contributed by atoms with van der Waals surface area (Å²) in [6, 6.07) is 4.46. The van der Waals surface area contributed by atoms with Crippen molar-refractivity contribution in [1.82, 2.24) is 10.3 Å². The van der Waals surface area contributed by atoms with Crippen LogP contribution in [0, 0.1) is 17.1 Å². The number of nitriles is 1. The summed E-state index contributed by atoms with van der Waals surface area (Å²) in [6.07, 6.45) is 1.99. The predicted molar refractivity (Wildman–Crippen MR) is 51.4 cm³/mol. The molecule has 0 aliphatic rings. The van der Waals surface area contributed by atoms with Gasteiger partial charge < -0.3 is 5.32 Å². The van der Waals surface area contributed by atoms with Crippen molar-refractivity contribution < 1.29 is 9.18 Å². The monoisotopic (exact) mass is 207 g/mol. The number of nitrogens with zero attached hydrogens (tertiary/aromatic N) is 2. The van der Waals surface area contributed by atoms with Crippen molar-refractivity contribution in [3.8, 4) is 6.07 Å². The molecule has 0 aliphatic heterocycles. The van der Waals surface area contributed by atoms with E-state index in [-0.39, 0.29) is 11.6 Å². The second-order valence-corrected chi connectivity index (χ2v) is 2.88. The lowest BCUT2D eigenvalue weighted by atomic mass is 10.3. The van der Waals surface area contributed by atoms with Crippen LogP contribution in [0.5, 0.6) is 0 Å². The van der Waals surface area contributed by atoms with Crippen molar-refractivity contribution >= 4 is 5.91 Å². The van der Waals surface area contributed by atoms with E-state index in [1.165, 1.54) is 12.1 Å². The zero-order valence-corrected chi connectivity index (χ0v) is 8.03. The van der Waals surface area contributed by atoms with E-state index >= 15 is 0 Å². The number of nitrogens with one attached hydrogen (secondary N) is 1. The topological polar surface area (TPSA) is 65.8 Å². The Kier molecular flexibility index (Phi) is 4.23. The van der Waals surface area contributed by atoms with Gasteiger partial charge in [-0.05, 0) is 18.6 Å². The lowest BCUT2D eigenvalue weighted by Crippen LogP contribution is -2.25. The number of halogens is 1. The molecule has 1 heterocycles. The van der Waals surface area contributed by atoms with Crippen molar-refractivity contribution in [2.75, 3.05) is 6.54 Å². The highest BCUT2D eigenvalue weighted by Gasteiger charge is 2.05. The van der Waals surface area contributed by atoms with Crippen molar-refractivity contribution in [2.45, 2.75) is 12.8 Å². The maximum atomic E-state index is 12.5. The van der Waals surface area contributed by atoms with E-state index < -0.39 is 5.82 Å². The number of carbonyl (C=O) groups excluding carboxylic acids is 1. The molecule has 0 atom stereocenters. The highest BCUT2D eigenvalue weighted by molar-refractivity contribution is 5.92. The molecule has 0 radical (unpaired) electrons. The van der Waals surface area contributed by atoms with Crippen molar-refractivity contribution in [3.05, 3.63) is 29.8 Å². The zero-order valence-electron chi connectivity index (χ0n) is 8.03. The van der Waals surface area contributed by atoms with Gasteiger partial charge in [0.05, 0.1) is 12.3 Å². The zero-order chi connectivity index (χ0) is 11.1. The summed E-state index contributed by atoms with van der Waals surface area (Å²) < 4.78 is 12.5. The van der Waals surface area contributed by atoms with Crippen LogP contribution in [-0.2, 0) is 0 Å². The third-order valence-electron chi connectivity index (χ3n) is 1.71. The van der Waals surface area contributed by atoms with Gasteiger partial charge >= 0.3 is 0 Å².